The van der Waals surface area contributed by atoms with E-state index in [0.717, 1.165) is 16.8 Å². The molecule has 6 heteroatoms. The van der Waals surface area contributed by atoms with Gasteiger partial charge in [-0.05, 0) is 43.5 Å². The number of carbonyl (C=O) groups is 2. The maximum atomic E-state index is 12.2. The summed E-state index contributed by atoms with van der Waals surface area (Å²) >= 11 is 0. The Balaban J connectivity index is 1.79. The molecule has 3 N–H and O–H groups in total. The molecule has 1 aromatic carbocycles. The molecule has 0 bridgehead atoms. The third-order valence-corrected chi connectivity index (χ3v) is 4.06. The van der Waals surface area contributed by atoms with Crippen molar-refractivity contribution in [1.82, 2.24) is 4.98 Å². The molecule has 1 aliphatic heterocycles. The van der Waals surface area contributed by atoms with E-state index in [1.807, 2.05) is 31.2 Å². The van der Waals surface area contributed by atoms with Crippen molar-refractivity contribution in [3.8, 4) is 0 Å². The summed E-state index contributed by atoms with van der Waals surface area (Å²) in [6, 6.07) is 9.19. The van der Waals surface area contributed by atoms with Crippen molar-refractivity contribution in [1.29, 1.82) is 0 Å². The van der Waals surface area contributed by atoms with Crippen molar-refractivity contribution in [2.45, 2.75) is 19.8 Å². The molecule has 0 spiro atoms. The first kappa shape index (κ1) is 17.0. The highest BCUT2D eigenvalue weighted by molar-refractivity contribution is 6.34. The van der Waals surface area contributed by atoms with Gasteiger partial charge in [-0.1, -0.05) is 18.2 Å². The molecule has 0 fully saturated rings. The second kappa shape index (κ2) is 7.36. The van der Waals surface area contributed by atoms with E-state index in [4.69, 9.17) is 9.84 Å². The highest BCUT2D eigenvalue weighted by Crippen LogP contribution is 2.33. The zero-order valence-electron chi connectivity index (χ0n) is 14.0. The molecule has 3 rings (SSSR count). The van der Waals surface area contributed by atoms with Gasteiger partial charge in [0.15, 0.2) is 0 Å². The SMILES string of the molecule is Cc1cc(C(=O)OCCCCO)[nH]c1/C=C1/C(=O)Nc2ccccc21. The van der Waals surface area contributed by atoms with Crippen LogP contribution in [0.4, 0.5) is 5.69 Å². The largest absolute Gasteiger partial charge is 0.461 e. The van der Waals surface area contributed by atoms with Gasteiger partial charge >= 0.3 is 5.97 Å². The molecule has 0 saturated heterocycles. The Morgan fingerprint density at radius 3 is 2.88 bits per heavy atom. The van der Waals surface area contributed by atoms with Gasteiger partial charge in [-0.3, -0.25) is 4.79 Å². The van der Waals surface area contributed by atoms with Crippen LogP contribution >= 0.6 is 0 Å². The summed E-state index contributed by atoms with van der Waals surface area (Å²) in [6.45, 7) is 2.22. The van der Waals surface area contributed by atoms with Crippen LogP contribution in [-0.4, -0.2) is 35.2 Å². The van der Waals surface area contributed by atoms with Crippen molar-refractivity contribution in [2.24, 2.45) is 0 Å². The number of rotatable bonds is 6. The van der Waals surface area contributed by atoms with Crippen LogP contribution in [0.2, 0.25) is 0 Å². The number of aryl methyl sites for hydroxylation is 1. The van der Waals surface area contributed by atoms with E-state index in [1.54, 1.807) is 12.1 Å². The van der Waals surface area contributed by atoms with Gasteiger partial charge in [0.1, 0.15) is 5.69 Å². The number of aliphatic hydroxyl groups is 1. The van der Waals surface area contributed by atoms with E-state index in [1.165, 1.54) is 0 Å². The fourth-order valence-electron chi connectivity index (χ4n) is 2.72. The zero-order valence-corrected chi connectivity index (χ0v) is 14.0. The molecule has 2 aromatic rings. The summed E-state index contributed by atoms with van der Waals surface area (Å²) in [5.74, 6) is -0.606. The number of nitrogens with one attached hydrogen (secondary N) is 2. The molecular weight excluding hydrogens is 320 g/mol. The predicted octanol–water partition coefficient (Wildman–Crippen LogP) is 2.75. The number of benzene rings is 1. The number of para-hydroxylation sites is 1. The first-order valence-electron chi connectivity index (χ1n) is 8.20. The van der Waals surface area contributed by atoms with E-state index in [2.05, 4.69) is 10.3 Å². The van der Waals surface area contributed by atoms with E-state index in [-0.39, 0.29) is 19.1 Å². The van der Waals surface area contributed by atoms with Crippen LogP contribution in [0.3, 0.4) is 0 Å². The van der Waals surface area contributed by atoms with Crippen molar-refractivity contribution < 1.29 is 19.4 Å². The monoisotopic (exact) mass is 340 g/mol. The second-order valence-electron chi connectivity index (χ2n) is 5.90. The molecular formula is C19H20N2O4. The molecule has 1 aromatic heterocycles. The molecule has 2 heterocycles. The number of fused-ring (bicyclic) bond motifs is 1. The van der Waals surface area contributed by atoms with Crippen molar-refractivity contribution in [2.75, 3.05) is 18.5 Å². The van der Waals surface area contributed by atoms with E-state index >= 15 is 0 Å². The molecule has 0 saturated carbocycles. The number of hydrogen-bond donors (Lipinski definition) is 3. The minimum absolute atomic E-state index is 0.0837. The fraction of sp³-hybridized carbons (Fsp3) is 0.263. The van der Waals surface area contributed by atoms with Crippen LogP contribution in [0, 0.1) is 6.92 Å². The lowest BCUT2D eigenvalue weighted by molar-refractivity contribution is -0.110. The van der Waals surface area contributed by atoms with Crippen LogP contribution in [0.15, 0.2) is 30.3 Å². The number of unbranched alkanes of at least 4 members (excludes halogenated alkanes) is 1. The molecule has 0 unspecified atom stereocenters. The Morgan fingerprint density at radius 2 is 2.08 bits per heavy atom. The Morgan fingerprint density at radius 1 is 1.28 bits per heavy atom. The number of esters is 1. The first-order chi connectivity index (χ1) is 12.1. The lowest BCUT2D eigenvalue weighted by atomic mass is 10.1. The summed E-state index contributed by atoms with van der Waals surface area (Å²) in [5.41, 5.74) is 4.08. The summed E-state index contributed by atoms with van der Waals surface area (Å²) < 4.78 is 5.16. The minimum atomic E-state index is -0.443. The number of aromatic nitrogens is 1. The minimum Gasteiger partial charge on any atom is -0.461 e. The Hall–Kier alpha value is -2.86. The molecule has 1 amide bonds. The van der Waals surface area contributed by atoms with Crippen LogP contribution in [0.25, 0.3) is 11.6 Å². The van der Waals surface area contributed by atoms with Gasteiger partial charge in [-0.25, -0.2) is 4.79 Å². The van der Waals surface area contributed by atoms with E-state index < -0.39 is 5.97 Å². The summed E-state index contributed by atoms with van der Waals surface area (Å²) in [4.78, 5) is 27.3. The predicted molar refractivity (Wildman–Crippen MR) is 95.1 cm³/mol. The third kappa shape index (κ3) is 3.64. The number of ether oxygens (including phenoxy) is 1. The van der Waals surface area contributed by atoms with Gasteiger partial charge < -0.3 is 20.1 Å². The average Bonchev–Trinajstić information content (AvgIpc) is 3.12. The van der Waals surface area contributed by atoms with Gasteiger partial charge in [-0.15, -0.1) is 0 Å². The average molecular weight is 340 g/mol. The van der Waals surface area contributed by atoms with Crippen LogP contribution in [-0.2, 0) is 9.53 Å². The van der Waals surface area contributed by atoms with E-state index in [0.29, 0.717) is 29.8 Å². The van der Waals surface area contributed by atoms with Gasteiger partial charge in [0.25, 0.3) is 5.91 Å². The highest BCUT2D eigenvalue weighted by atomic mass is 16.5. The number of hydrogen-bond acceptors (Lipinski definition) is 4. The fourth-order valence-corrected chi connectivity index (χ4v) is 2.72. The standard InChI is InChI=1S/C19H20N2O4/c1-12-10-17(19(24)25-9-5-4-8-22)20-16(12)11-14-13-6-2-3-7-15(13)21-18(14)23/h2-3,6-7,10-11,20,22H,4-5,8-9H2,1H3,(H,21,23)/b14-11+. The zero-order chi connectivity index (χ0) is 17.8. The third-order valence-electron chi connectivity index (χ3n) is 4.06. The summed E-state index contributed by atoms with van der Waals surface area (Å²) in [7, 11) is 0. The number of aromatic amines is 1. The van der Waals surface area contributed by atoms with Gasteiger partial charge in [0.05, 0.1) is 12.2 Å². The number of H-pyrrole nitrogens is 1. The van der Waals surface area contributed by atoms with Crippen LogP contribution in [0.1, 0.15) is 40.2 Å². The number of anilines is 1. The van der Waals surface area contributed by atoms with Crippen molar-refractivity contribution in [3.63, 3.8) is 0 Å². The lowest BCUT2D eigenvalue weighted by Gasteiger charge is -2.02. The van der Waals surface area contributed by atoms with Crippen LogP contribution < -0.4 is 5.32 Å². The maximum absolute atomic E-state index is 12.2. The molecule has 1 aliphatic rings. The smallest absolute Gasteiger partial charge is 0.354 e. The molecule has 0 aliphatic carbocycles. The first-order valence-corrected chi connectivity index (χ1v) is 8.20. The summed E-state index contributed by atoms with van der Waals surface area (Å²) in [6.07, 6.45) is 2.97. The Bertz CT molecular complexity index is 836. The number of aliphatic hydroxyl groups excluding tert-OH is 1. The van der Waals surface area contributed by atoms with Crippen molar-refractivity contribution >= 4 is 29.2 Å². The van der Waals surface area contributed by atoms with E-state index in [9.17, 15) is 9.59 Å². The van der Waals surface area contributed by atoms with Crippen molar-refractivity contribution in [3.05, 3.63) is 52.8 Å². The highest BCUT2D eigenvalue weighted by Gasteiger charge is 2.24. The molecule has 0 radical (unpaired) electrons. The Labute approximate surface area is 145 Å². The maximum Gasteiger partial charge on any atom is 0.354 e. The molecule has 25 heavy (non-hydrogen) atoms. The molecule has 0 atom stereocenters. The topological polar surface area (TPSA) is 91.4 Å². The van der Waals surface area contributed by atoms with Gasteiger partial charge in [0.2, 0.25) is 0 Å². The quantitative estimate of drug-likeness (QED) is 0.428. The normalized spacial score (nSPS) is 14.5. The summed E-state index contributed by atoms with van der Waals surface area (Å²) in [5, 5.41) is 11.6. The molecule has 130 valence electrons. The Kier molecular flexibility index (Phi) is 5.00. The lowest BCUT2D eigenvalue weighted by Crippen LogP contribution is -2.07. The van der Waals surface area contributed by atoms with Crippen LogP contribution in [0.5, 0.6) is 0 Å². The van der Waals surface area contributed by atoms with Gasteiger partial charge in [0, 0.05) is 23.6 Å². The number of amides is 1. The molecule has 6 nitrogen and oxygen atoms in total. The second-order valence-corrected chi connectivity index (χ2v) is 5.90. The van der Waals surface area contributed by atoms with Gasteiger partial charge in [-0.2, -0.15) is 0 Å². The number of carbonyl (C=O) groups excluding carboxylic acids is 2.